The van der Waals surface area contributed by atoms with Gasteiger partial charge in [0.05, 0.1) is 30.9 Å². The summed E-state index contributed by atoms with van der Waals surface area (Å²) in [6.45, 7) is 3.88. The molecule has 190 valence electrons. The molecule has 1 aliphatic heterocycles. The van der Waals surface area contributed by atoms with E-state index < -0.39 is 0 Å². The molecule has 2 atom stereocenters. The van der Waals surface area contributed by atoms with Crippen molar-refractivity contribution < 1.29 is 19.1 Å². The number of aryl methyl sites for hydroxylation is 1. The van der Waals surface area contributed by atoms with E-state index in [1.54, 1.807) is 23.8 Å². The molecular weight excluding hydrogens is 476 g/mol. The lowest BCUT2D eigenvalue weighted by molar-refractivity contribution is -0.123. The van der Waals surface area contributed by atoms with Gasteiger partial charge in [-0.1, -0.05) is 37.3 Å². The summed E-state index contributed by atoms with van der Waals surface area (Å²) < 4.78 is 12.9. The van der Waals surface area contributed by atoms with Crippen LogP contribution < -0.4 is 19.7 Å². The average molecular weight is 509 g/mol. The monoisotopic (exact) mass is 508 g/mol. The van der Waals surface area contributed by atoms with Gasteiger partial charge in [0.25, 0.3) is 0 Å². The molecule has 1 aromatic heterocycles. The second-order valence-electron chi connectivity index (χ2n) is 8.73. The molecule has 9 heteroatoms. The second-order valence-corrected chi connectivity index (χ2v) is 9.82. The fourth-order valence-electron chi connectivity index (χ4n) is 4.36. The third kappa shape index (κ3) is 5.06. The van der Waals surface area contributed by atoms with Crippen LogP contribution in [0.1, 0.15) is 36.6 Å². The Bertz CT molecular complexity index is 1240. The van der Waals surface area contributed by atoms with Crippen LogP contribution in [0.5, 0.6) is 11.5 Å². The maximum Gasteiger partial charge on any atom is 0.240 e. The van der Waals surface area contributed by atoms with Gasteiger partial charge in [-0.2, -0.15) is 5.10 Å². The number of carbonyl (C=O) groups excluding carboxylic acids is 2. The van der Waals surface area contributed by atoms with Crippen molar-refractivity contribution >= 4 is 29.4 Å². The van der Waals surface area contributed by atoms with Crippen molar-refractivity contribution in [3.63, 3.8) is 0 Å². The summed E-state index contributed by atoms with van der Waals surface area (Å²) in [6, 6.07) is 15.6. The number of anilines is 1. The molecule has 0 spiro atoms. The lowest BCUT2D eigenvalue weighted by Crippen LogP contribution is -2.44. The van der Waals surface area contributed by atoms with Crippen molar-refractivity contribution in [2.75, 3.05) is 31.4 Å². The number of rotatable bonds is 8. The zero-order chi connectivity index (χ0) is 25.8. The van der Waals surface area contributed by atoms with Gasteiger partial charge in [-0.15, -0.1) is 11.8 Å². The molecule has 36 heavy (non-hydrogen) atoms. The molecule has 4 rings (SSSR count). The zero-order valence-corrected chi connectivity index (χ0v) is 22.1. The first-order valence-electron chi connectivity index (χ1n) is 11.9. The number of ether oxygens (including phenoxy) is 2. The first-order chi connectivity index (χ1) is 17.4. The molecule has 3 aromatic rings. The molecule has 2 heterocycles. The SMILES string of the molecule is CCC(C)NC(=O)CN1C(=O)CSC(c2cc(OC)ccc2OC)c2c(-c3ccccc3)nn(C)c21. The molecule has 0 radical (unpaired) electrons. The van der Waals surface area contributed by atoms with E-state index in [0.717, 1.165) is 28.8 Å². The number of nitrogens with one attached hydrogen (secondary N) is 1. The van der Waals surface area contributed by atoms with Crippen LogP contribution in [-0.2, 0) is 16.6 Å². The summed E-state index contributed by atoms with van der Waals surface area (Å²) in [5, 5.41) is 7.55. The Morgan fingerprint density at radius 2 is 1.94 bits per heavy atom. The van der Waals surface area contributed by atoms with Gasteiger partial charge in [0.2, 0.25) is 11.8 Å². The molecule has 0 aliphatic carbocycles. The topological polar surface area (TPSA) is 85.7 Å². The summed E-state index contributed by atoms with van der Waals surface area (Å²) in [4.78, 5) is 27.9. The highest BCUT2D eigenvalue weighted by Gasteiger charge is 2.37. The first kappa shape index (κ1) is 25.6. The summed E-state index contributed by atoms with van der Waals surface area (Å²) in [7, 11) is 5.07. The summed E-state index contributed by atoms with van der Waals surface area (Å²) in [5.74, 6) is 1.85. The normalized spacial score (nSPS) is 16.2. The molecule has 0 fully saturated rings. The van der Waals surface area contributed by atoms with Gasteiger partial charge >= 0.3 is 0 Å². The van der Waals surface area contributed by atoms with Crippen LogP contribution in [0.2, 0.25) is 0 Å². The molecule has 2 aromatic carbocycles. The molecule has 0 bridgehead atoms. The Kier molecular flexibility index (Phi) is 7.88. The fourth-order valence-corrected chi connectivity index (χ4v) is 5.57. The lowest BCUT2D eigenvalue weighted by Gasteiger charge is -2.23. The van der Waals surface area contributed by atoms with Crippen LogP contribution in [0.15, 0.2) is 48.5 Å². The van der Waals surface area contributed by atoms with Crippen molar-refractivity contribution in [3.05, 3.63) is 59.7 Å². The molecular formula is C27H32N4O4S. The number of fused-ring (bicyclic) bond motifs is 1. The Morgan fingerprint density at radius 3 is 2.61 bits per heavy atom. The van der Waals surface area contributed by atoms with E-state index >= 15 is 0 Å². The van der Waals surface area contributed by atoms with Crippen LogP contribution >= 0.6 is 11.8 Å². The Hall–Kier alpha value is -3.46. The number of carbonyl (C=O) groups is 2. The van der Waals surface area contributed by atoms with Gasteiger partial charge in [0.1, 0.15) is 23.9 Å². The van der Waals surface area contributed by atoms with Crippen molar-refractivity contribution in [2.24, 2.45) is 7.05 Å². The average Bonchev–Trinajstić information content (AvgIpc) is 3.16. The van der Waals surface area contributed by atoms with E-state index in [1.165, 1.54) is 11.8 Å². The highest BCUT2D eigenvalue weighted by Crippen LogP contribution is 2.50. The van der Waals surface area contributed by atoms with Gasteiger partial charge in [-0.05, 0) is 31.5 Å². The predicted octanol–water partition coefficient (Wildman–Crippen LogP) is 4.19. The molecule has 0 saturated heterocycles. The van der Waals surface area contributed by atoms with Crippen molar-refractivity contribution in [2.45, 2.75) is 31.6 Å². The number of amides is 2. The van der Waals surface area contributed by atoms with E-state index in [2.05, 4.69) is 5.32 Å². The minimum Gasteiger partial charge on any atom is -0.497 e. The van der Waals surface area contributed by atoms with Gasteiger partial charge in [0.15, 0.2) is 0 Å². The summed E-state index contributed by atoms with van der Waals surface area (Å²) in [6.07, 6.45) is 0.808. The summed E-state index contributed by atoms with van der Waals surface area (Å²) in [5.41, 5.74) is 3.44. The third-order valence-corrected chi connectivity index (χ3v) is 7.57. The highest BCUT2D eigenvalue weighted by atomic mass is 32.2. The second kappa shape index (κ2) is 11.1. The van der Waals surface area contributed by atoms with E-state index in [4.69, 9.17) is 14.6 Å². The van der Waals surface area contributed by atoms with Crippen LogP contribution in [-0.4, -0.2) is 54.2 Å². The molecule has 8 nitrogen and oxygen atoms in total. The Balaban J connectivity index is 1.91. The van der Waals surface area contributed by atoms with Gasteiger partial charge < -0.3 is 14.8 Å². The maximum atomic E-state index is 13.4. The minimum atomic E-state index is -0.277. The standard InChI is InChI=1S/C27H32N4O4S/c1-6-17(2)28-22(32)15-31-23(33)16-36-26(20-14-19(34-4)12-13-21(20)35-5)24-25(29-30(3)27(24)31)18-10-8-7-9-11-18/h7-14,17,26H,6,15-16H2,1-5H3,(H,28,32). The number of nitrogens with zero attached hydrogens (tertiary/aromatic N) is 3. The molecule has 1 N–H and O–H groups in total. The number of thioether (sulfide) groups is 1. The van der Waals surface area contributed by atoms with Crippen molar-refractivity contribution in [1.29, 1.82) is 0 Å². The van der Waals surface area contributed by atoms with Crippen LogP contribution in [0.25, 0.3) is 11.3 Å². The smallest absolute Gasteiger partial charge is 0.240 e. The highest BCUT2D eigenvalue weighted by molar-refractivity contribution is 8.00. The van der Waals surface area contributed by atoms with E-state index in [1.807, 2.05) is 69.4 Å². The van der Waals surface area contributed by atoms with E-state index in [9.17, 15) is 9.59 Å². The molecule has 1 aliphatic rings. The molecule has 0 saturated carbocycles. The predicted molar refractivity (Wildman–Crippen MR) is 143 cm³/mol. The summed E-state index contributed by atoms with van der Waals surface area (Å²) >= 11 is 1.50. The minimum absolute atomic E-state index is 0.0219. The number of benzene rings is 2. The van der Waals surface area contributed by atoms with E-state index in [-0.39, 0.29) is 35.4 Å². The van der Waals surface area contributed by atoms with Gasteiger partial charge in [-0.3, -0.25) is 19.2 Å². The van der Waals surface area contributed by atoms with Crippen LogP contribution in [0, 0.1) is 0 Å². The van der Waals surface area contributed by atoms with Gasteiger partial charge in [0, 0.05) is 29.8 Å². The number of hydrogen-bond acceptors (Lipinski definition) is 6. The molecule has 2 unspecified atom stereocenters. The number of hydrogen-bond donors (Lipinski definition) is 1. The largest absolute Gasteiger partial charge is 0.497 e. The lowest BCUT2D eigenvalue weighted by atomic mass is 9.98. The zero-order valence-electron chi connectivity index (χ0n) is 21.3. The third-order valence-electron chi connectivity index (χ3n) is 6.33. The van der Waals surface area contributed by atoms with Crippen LogP contribution in [0.4, 0.5) is 5.82 Å². The Labute approximate surface area is 216 Å². The quantitative estimate of drug-likeness (QED) is 0.491. The Morgan fingerprint density at radius 1 is 1.19 bits per heavy atom. The first-order valence-corrected chi connectivity index (χ1v) is 13.0. The molecule has 2 amide bonds. The van der Waals surface area contributed by atoms with Gasteiger partial charge in [-0.25, -0.2) is 0 Å². The number of aromatic nitrogens is 2. The fraction of sp³-hybridized carbons (Fsp3) is 0.370. The van der Waals surface area contributed by atoms with Crippen molar-refractivity contribution in [1.82, 2.24) is 15.1 Å². The van der Waals surface area contributed by atoms with E-state index in [0.29, 0.717) is 17.3 Å². The van der Waals surface area contributed by atoms with Crippen LogP contribution in [0.3, 0.4) is 0 Å². The number of methoxy groups -OCH3 is 2. The van der Waals surface area contributed by atoms with Crippen molar-refractivity contribution in [3.8, 4) is 22.8 Å². The maximum absolute atomic E-state index is 13.4.